The van der Waals surface area contributed by atoms with Crippen LogP contribution in [0.15, 0.2) is 0 Å². The van der Waals surface area contributed by atoms with Crippen molar-refractivity contribution < 1.29 is 9.53 Å². The fourth-order valence-electron chi connectivity index (χ4n) is 4.19. The summed E-state index contributed by atoms with van der Waals surface area (Å²) < 4.78 is 5.34. The Labute approximate surface area is 148 Å². The van der Waals surface area contributed by atoms with Crippen molar-refractivity contribution in [1.82, 2.24) is 10.6 Å². The molecule has 0 aromatic rings. The molecule has 0 radical (unpaired) electrons. The molecule has 0 aromatic carbocycles. The van der Waals surface area contributed by atoms with E-state index >= 15 is 0 Å². The summed E-state index contributed by atoms with van der Waals surface area (Å²) in [5.74, 6) is 2.49. The minimum atomic E-state index is -0.369. The molecule has 4 heteroatoms. The molecular weight excluding hydrogens is 300 g/mol. The second kappa shape index (κ2) is 9.76. The van der Waals surface area contributed by atoms with Gasteiger partial charge in [0.25, 0.3) is 0 Å². The third-order valence-corrected chi connectivity index (χ3v) is 5.40. The van der Waals surface area contributed by atoms with Gasteiger partial charge >= 0.3 is 5.97 Å². The summed E-state index contributed by atoms with van der Waals surface area (Å²) in [6.45, 7) is 10.1. The van der Waals surface area contributed by atoms with E-state index in [9.17, 15) is 4.79 Å². The number of rotatable bonds is 8. The fraction of sp³-hybridized carbons (Fsp3) is 0.950. The highest BCUT2D eigenvalue weighted by Crippen LogP contribution is 2.32. The molecule has 1 heterocycles. The first-order valence-corrected chi connectivity index (χ1v) is 10.1. The van der Waals surface area contributed by atoms with Crippen molar-refractivity contribution in [2.45, 2.75) is 77.7 Å². The van der Waals surface area contributed by atoms with Gasteiger partial charge in [-0.3, -0.25) is 4.79 Å². The second-order valence-corrected chi connectivity index (χ2v) is 8.81. The Morgan fingerprint density at radius 2 is 1.83 bits per heavy atom. The van der Waals surface area contributed by atoms with Crippen molar-refractivity contribution in [3.63, 3.8) is 0 Å². The Hall–Kier alpha value is -0.610. The first-order chi connectivity index (χ1) is 11.4. The van der Waals surface area contributed by atoms with Gasteiger partial charge in [-0.1, -0.05) is 32.1 Å². The Balaban J connectivity index is 1.56. The smallest absolute Gasteiger partial charge is 0.306 e. The van der Waals surface area contributed by atoms with Crippen LogP contribution in [-0.4, -0.2) is 37.7 Å². The second-order valence-electron chi connectivity index (χ2n) is 8.81. The van der Waals surface area contributed by atoms with Gasteiger partial charge < -0.3 is 15.4 Å². The van der Waals surface area contributed by atoms with Crippen molar-refractivity contribution in [3.8, 4) is 0 Å². The minimum absolute atomic E-state index is 0.0815. The van der Waals surface area contributed by atoms with Crippen molar-refractivity contribution >= 4 is 5.97 Å². The van der Waals surface area contributed by atoms with Crippen LogP contribution < -0.4 is 10.6 Å². The topological polar surface area (TPSA) is 50.4 Å². The molecule has 1 aliphatic heterocycles. The normalized spacial score (nSPS) is 25.8. The van der Waals surface area contributed by atoms with E-state index in [1.807, 2.05) is 20.8 Å². The number of carbonyl (C=O) groups excluding carboxylic acids is 1. The van der Waals surface area contributed by atoms with Crippen LogP contribution >= 0.6 is 0 Å². The summed E-state index contributed by atoms with van der Waals surface area (Å²) in [7, 11) is 0. The number of esters is 1. The van der Waals surface area contributed by atoms with Crippen molar-refractivity contribution in [2.24, 2.45) is 17.8 Å². The zero-order valence-corrected chi connectivity index (χ0v) is 16.0. The lowest BCUT2D eigenvalue weighted by Gasteiger charge is -2.27. The van der Waals surface area contributed by atoms with Crippen molar-refractivity contribution in [3.05, 3.63) is 0 Å². The van der Waals surface area contributed by atoms with Gasteiger partial charge in [-0.15, -0.1) is 0 Å². The van der Waals surface area contributed by atoms with Gasteiger partial charge in [-0.25, -0.2) is 0 Å². The van der Waals surface area contributed by atoms with Gasteiger partial charge in [0.15, 0.2) is 0 Å². The maximum atomic E-state index is 11.7. The van der Waals surface area contributed by atoms with E-state index in [2.05, 4.69) is 10.6 Å². The van der Waals surface area contributed by atoms with Crippen LogP contribution in [0.2, 0.25) is 0 Å². The molecule has 140 valence electrons. The summed E-state index contributed by atoms with van der Waals surface area (Å²) in [4.78, 5) is 11.7. The lowest BCUT2D eigenvalue weighted by atomic mass is 9.79. The van der Waals surface area contributed by atoms with Gasteiger partial charge in [-0.05, 0) is 77.5 Å². The molecule has 0 amide bonds. The number of nitrogens with one attached hydrogen (secondary N) is 2. The van der Waals surface area contributed by atoms with E-state index in [4.69, 9.17) is 4.74 Å². The third-order valence-electron chi connectivity index (χ3n) is 5.40. The molecule has 2 rings (SSSR count). The highest BCUT2D eigenvalue weighted by molar-refractivity contribution is 5.69. The highest BCUT2D eigenvalue weighted by Gasteiger charge is 2.29. The average Bonchev–Trinajstić information content (AvgIpc) is 2.93. The van der Waals surface area contributed by atoms with E-state index in [1.165, 1.54) is 45.1 Å². The summed E-state index contributed by atoms with van der Waals surface area (Å²) in [6.07, 6.45) is 10.0. The third kappa shape index (κ3) is 7.52. The number of carbonyl (C=O) groups is 1. The average molecular weight is 339 g/mol. The molecule has 2 aliphatic rings. The summed E-state index contributed by atoms with van der Waals surface area (Å²) >= 11 is 0. The molecule has 0 unspecified atom stereocenters. The molecule has 1 aliphatic carbocycles. The first-order valence-electron chi connectivity index (χ1n) is 10.1. The maximum absolute atomic E-state index is 11.7. The van der Waals surface area contributed by atoms with E-state index in [-0.39, 0.29) is 11.6 Å². The number of hydrogen-bond donors (Lipinski definition) is 2. The predicted octanol–water partition coefficient (Wildman–Crippen LogP) is 3.50. The van der Waals surface area contributed by atoms with Gasteiger partial charge in [0.1, 0.15) is 5.60 Å². The van der Waals surface area contributed by atoms with Crippen molar-refractivity contribution in [2.75, 3.05) is 26.2 Å². The zero-order chi connectivity index (χ0) is 17.4. The standard InChI is InChI=1S/C20H38N2O2/c1-20(2,3)24-19(23)10-7-11-21-14-18-15-22-13-17(18)12-16-8-5-4-6-9-16/h16-18,21-22H,4-15H2,1-3H3/t17-,18-/m1/s1. The quantitative estimate of drug-likeness (QED) is 0.525. The Bertz CT molecular complexity index is 372. The van der Waals surface area contributed by atoms with E-state index in [0.717, 1.165) is 43.8 Å². The Kier molecular flexibility index (Phi) is 8.02. The molecule has 4 nitrogen and oxygen atoms in total. The molecule has 0 aromatic heterocycles. The summed E-state index contributed by atoms with van der Waals surface area (Å²) in [5.41, 5.74) is -0.369. The van der Waals surface area contributed by atoms with Gasteiger partial charge in [0, 0.05) is 6.42 Å². The lowest BCUT2D eigenvalue weighted by Crippen LogP contribution is -2.30. The van der Waals surface area contributed by atoms with Crippen molar-refractivity contribution in [1.29, 1.82) is 0 Å². The highest BCUT2D eigenvalue weighted by atomic mass is 16.6. The van der Waals surface area contributed by atoms with Crippen LogP contribution in [0.4, 0.5) is 0 Å². The van der Waals surface area contributed by atoms with Crippen LogP contribution in [0.25, 0.3) is 0 Å². The molecule has 1 saturated carbocycles. The zero-order valence-electron chi connectivity index (χ0n) is 16.0. The van der Waals surface area contributed by atoms with Gasteiger partial charge in [0.2, 0.25) is 0 Å². The van der Waals surface area contributed by atoms with Gasteiger partial charge in [0.05, 0.1) is 0 Å². The Morgan fingerprint density at radius 3 is 2.54 bits per heavy atom. The summed E-state index contributed by atoms with van der Waals surface area (Å²) in [5, 5.41) is 7.15. The van der Waals surface area contributed by atoms with E-state index in [1.54, 1.807) is 0 Å². The maximum Gasteiger partial charge on any atom is 0.306 e. The predicted molar refractivity (Wildman–Crippen MR) is 99.0 cm³/mol. The first kappa shape index (κ1) is 19.7. The summed E-state index contributed by atoms with van der Waals surface area (Å²) in [6, 6.07) is 0. The molecule has 2 fully saturated rings. The van der Waals surface area contributed by atoms with Crippen LogP contribution in [0.3, 0.4) is 0 Å². The van der Waals surface area contributed by atoms with Crippen LogP contribution in [0.5, 0.6) is 0 Å². The van der Waals surface area contributed by atoms with Crippen LogP contribution in [0, 0.1) is 17.8 Å². The molecular formula is C20H38N2O2. The molecule has 1 saturated heterocycles. The molecule has 2 atom stereocenters. The number of hydrogen-bond acceptors (Lipinski definition) is 4. The van der Waals surface area contributed by atoms with Crippen LogP contribution in [0.1, 0.15) is 72.1 Å². The van der Waals surface area contributed by atoms with Gasteiger partial charge in [-0.2, -0.15) is 0 Å². The van der Waals surface area contributed by atoms with Crippen LogP contribution in [-0.2, 0) is 9.53 Å². The molecule has 0 bridgehead atoms. The van der Waals surface area contributed by atoms with E-state index < -0.39 is 0 Å². The fourth-order valence-corrected chi connectivity index (χ4v) is 4.19. The molecule has 2 N–H and O–H groups in total. The SMILES string of the molecule is CC(C)(C)OC(=O)CCCNC[C@@H]1CNC[C@H]1CC1CCCCC1. The monoisotopic (exact) mass is 338 g/mol. The minimum Gasteiger partial charge on any atom is -0.460 e. The largest absolute Gasteiger partial charge is 0.460 e. The molecule has 24 heavy (non-hydrogen) atoms. The van der Waals surface area contributed by atoms with E-state index in [0.29, 0.717) is 6.42 Å². The Morgan fingerprint density at radius 1 is 1.12 bits per heavy atom. The lowest BCUT2D eigenvalue weighted by molar-refractivity contribution is -0.154. The number of ether oxygens (including phenoxy) is 1. The molecule has 0 spiro atoms.